The molecule has 0 bridgehead atoms. The van der Waals surface area contributed by atoms with E-state index >= 15 is 0 Å². The molecule has 0 aliphatic carbocycles. The van der Waals surface area contributed by atoms with Crippen molar-refractivity contribution >= 4 is 26.3 Å². The van der Waals surface area contributed by atoms with Crippen LogP contribution in [0.2, 0.25) is 0 Å². The molecule has 1 saturated heterocycles. The van der Waals surface area contributed by atoms with E-state index in [9.17, 15) is 8.42 Å². The second-order valence-electron chi connectivity index (χ2n) is 4.84. The molecule has 5 nitrogen and oxygen atoms in total. The second kappa shape index (κ2) is 6.67. The summed E-state index contributed by atoms with van der Waals surface area (Å²) in [5.74, 6) is 0.613. The van der Waals surface area contributed by atoms with E-state index < -0.39 is 9.84 Å². The summed E-state index contributed by atoms with van der Waals surface area (Å²) in [6.45, 7) is 5.36. The molecule has 1 fully saturated rings. The van der Waals surface area contributed by atoms with E-state index in [1.54, 1.807) is 11.3 Å². The Balaban J connectivity index is 1.88. The first-order valence-electron chi connectivity index (χ1n) is 6.70. The first kappa shape index (κ1) is 14.7. The number of sulfone groups is 1. The highest BCUT2D eigenvalue weighted by molar-refractivity contribution is 7.91. The van der Waals surface area contributed by atoms with Crippen LogP contribution in [0.5, 0.6) is 0 Å². The highest BCUT2D eigenvalue weighted by Crippen LogP contribution is 2.20. The van der Waals surface area contributed by atoms with Crippen LogP contribution in [0.15, 0.2) is 6.20 Å². The van der Waals surface area contributed by atoms with Gasteiger partial charge in [-0.15, -0.1) is 11.3 Å². The summed E-state index contributed by atoms with van der Waals surface area (Å²) in [6, 6.07) is 0. The number of thiazole rings is 1. The molecule has 0 unspecified atom stereocenters. The third kappa shape index (κ3) is 4.74. The predicted octanol–water partition coefficient (Wildman–Crippen LogP) is 1.59. The van der Waals surface area contributed by atoms with Crippen LogP contribution in [0.25, 0.3) is 0 Å². The Morgan fingerprint density at radius 1 is 1.42 bits per heavy atom. The molecule has 0 saturated carbocycles. The maximum Gasteiger partial charge on any atom is 0.182 e. The number of hydrogen-bond donors (Lipinski definition) is 1. The molecule has 1 N–H and O–H groups in total. The van der Waals surface area contributed by atoms with Gasteiger partial charge in [0.05, 0.1) is 11.5 Å². The highest BCUT2D eigenvalue weighted by Gasteiger charge is 2.19. The van der Waals surface area contributed by atoms with Crippen molar-refractivity contribution in [2.24, 2.45) is 0 Å². The van der Waals surface area contributed by atoms with Crippen LogP contribution in [0, 0.1) is 0 Å². The Kier molecular flexibility index (Phi) is 5.18. The van der Waals surface area contributed by atoms with E-state index in [2.05, 4.69) is 22.1 Å². The molecule has 0 radical (unpaired) electrons. The van der Waals surface area contributed by atoms with Gasteiger partial charge in [0, 0.05) is 30.7 Å². The number of nitrogens with one attached hydrogen (secondary N) is 1. The van der Waals surface area contributed by atoms with Gasteiger partial charge < -0.3 is 5.32 Å². The third-order valence-electron chi connectivity index (χ3n) is 3.11. The van der Waals surface area contributed by atoms with Gasteiger partial charge in [0.25, 0.3) is 0 Å². The monoisotopic (exact) mass is 303 g/mol. The standard InChI is InChI=1S/C12H21N3O2S2/c1-2-4-13-12-14-9-11(18-12)10-15-5-3-7-19(16,17)8-6-15/h9H,2-8,10H2,1H3,(H,13,14). The molecule has 108 valence electrons. The topological polar surface area (TPSA) is 62.3 Å². The van der Waals surface area contributed by atoms with Gasteiger partial charge in [-0.05, 0) is 19.4 Å². The number of anilines is 1. The molecule has 2 rings (SSSR count). The summed E-state index contributed by atoms with van der Waals surface area (Å²) < 4.78 is 23.1. The van der Waals surface area contributed by atoms with Crippen molar-refractivity contribution < 1.29 is 8.42 Å². The lowest BCUT2D eigenvalue weighted by Gasteiger charge is -2.17. The Labute approximate surface area is 119 Å². The molecule has 0 amide bonds. The van der Waals surface area contributed by atoms with Crippen LogP contribution in [0.1, 0.15) is 24.6 Å². The van der Waals surface area contributed by atoms with E-state index in [1.807, 2.05) is 6.20 Å². The smallest absolute Gasteiger partial charge is 0.182 e. The molecule has 1 aromatic heterocycles. The van der Waals surface area contributed by atoms with Crippen molar-refractivity contribution in [2.45, 2.75) is 26.3 Å². The molecular formula is C12H21N3O2S2. The molecule has 7 heteroatoms. The Bertz CT molecular complexity index is 499. The molecule has 1 aromatic rings. The van der Waals surface area contributed by atoms with Crippen LogP contribution in [0.4, 0.5) is 5.13 Å². The highest BCUT2D eigenvalue weighted by atomic mass is 32.2. The first-order valence-corrected chi connectivity index (χ1v) is 9.34. The maximum absolute atomic E-state index is 11.5. The van der Waals surface area contributed by atoms with Gasteiger partial charge in [-0.25, -0.2) is 13.4 Å². The lowest BCUT2D eigenvalue weighted by molar-refractivity contribution is 0.289. The van der Waals surface area contributed by atoms with Crippen LogP contribution < -0.4 is 5.32 Å². The van der Waals surface area contributed by atoms with Crippen molar-refractivity contribution in [3.8, 4) is 0 Å². The molecule has 19 heavy (non-hydrogen) atoms. The lowest BCUT2D eigenvalue weighted by Crippen LogP contribution is -2.26. The van der Waals surface area contributed by atoms with Crippen molar-refractivity contribution in [3.63, 3.8) is 0 Å². The third-order valence-corrected chi connectivity index (χ3v) is 5.76. The van der Waals surface area contributed by atoms with Gasteiger partial charge >= 0.3 is 0 Å². The van der Waals surface area contributed by atoms with Gasteiger partial charge in [-0.1, -0.05) is 6.92 Å². The minimum absolute atomic E-state index is 0.284. The zero-order valence-corrected chi connectivity index (χ0v) is 12.9. The minimum Gasteiger partial charge on any atom is -0.362 e. The number of rotatable bonds is 5. The summed E-state index contributed by atoms with van der Waals surface area (Å²) in [5, 5.41) is 4.23. The van der Waals surface area contributed by atoms with Crippen molar-refractivity contribution in [1.82, 2.24) is 9.88 Å². The van der Waals surface area contributed by atoms with Gasteiger partial charge in [0.1, 0.15) is 0 Å². The second-order valence-corrected chi connectivity index (χ2v) is 8.26. The van der Waals surface area contributed by atoms with Gasteiger partial charge in [0.2, 0.25) is 0 Å². The molecule has 0 spiro atoms. The largest absolute Gasteiger partial charge is 0.362 e. The molecule has 0 aromatic carbocycles. The average Bonchev–Trinajstić information content (AvgIpc) is 2.73. The number of nitrogens with zero attached hydrogens (tertiary/aromatic N) is 2. The fourth-order valence-corrected chi connectivity index (χ4v) is 4.25. The average molecular weight is 303 g/mol. The van der Waals surface area contributed by atoms with E-state index in [0.717, 1.165) is 37.6 Å². The summed E-state index contributed by atoms with van der Waals surface area (Å²) in [4.78, 5) is 7.74. The van der Waals surface area contributed by atoms with E-state index in [1.165, 1.54) is 4.88 Å². The van der Waals surface area contributed by atoms with Gasteiger partial charge in [0.15, 0.2) is 15.0 Å². The summed E-state index contributed by atoms with van der Waals surface area (Å²) >= 11 is 1.66. The lowest BCUT2D eigenvalue weighted by atomic mass is 10.4. The Morgan fingerprint density at radius 3 is 3.05 bits per heavy atom. The number of aromatic nitrogens is 1. The maximum atomic E-state index is 11.5. The molecule has 1 aliphatic rings. The van der Waals surface area contributed by atoms with Crippen LogP contribution in [-0.4, -0.2) is 49.4 Å². The van der Waals surface area contributed by atoms with Crippen molar-refractivity contribution in [2.75, 3.05) is 36.5 Å². The van der Waals surface area contributed by atoms with Crippen LogP contribution in [-0.2, 0) is 16.4 Å². The normalized spacial score (nSPS) is 20.1. The molecule has 1 aliphatic heterocycles. The first-order chi connectivity index (χ1) is 9.09. The Hall–Kier alpha value is -0.660. The van der Waals surface area contributed by atoms with Gasteiger partial charge in [-0.3, -0.25) is 4.90 Å². The minimum atomic E-state index is -2.82. The number of hydrogen-bond acceptors (Lipinski definition) is 6. The fraction of sp³-hybridized carbons (Fsp3) is 0.750. The zero-order chi connectivity index (χ0) is 13.7. The molecule has 2 heterocycles. The predicted molar refractivity (Wildman–Crippen MR) is 79.4 cm³/mol. The fourth-order valence-electron chi connectivity index (χ4n) is 2.06. The Morgan fingerprint density at radius 2 is 2.26 bits per heavy atom. The van der Waals surface area contributed by atoms with Crippen LogP contribution >= 0.6 is 11.3 Å². The van der Waals surface area contributed by atoms with E-state index in [4.69, 9.17) is 0 Å². The summed E-state index contributed by atoms with van der Waals surface area (Å²) in [7, 11) is -2.82. The van der Waals surface area contributed by atoms with E-state index in [0.29, 0.717) is 12.3 Å². The SMILES string of the molecule is CCCNc1ncc(CN2CCCS(=O)(=O)CC2)s1. The van der Waals surface area contributed by atoms with Crippen molar-refractivity contribution in [1.29, 1.82) is 0 Å². The molecular weight excluding hydrogens is 282 g/mol. The zero-order valence-electron chi connectivity index (χ0n) is 11.3. The van der Waals surface area contributed by atoms with Crippen molar-refractivity contribution in [3.05, 3.63) is 11.1 Å². The van der Waals surface area contributed by atoms with E-state index in [-0.39, 0.29) is 5.75 Å². The van der Waals surface area contributed by atoms with Gasteiger partial charge in [-0.2, -0.15) is 0 Å². The summed E-state index contributed by atoms with van der Waals surface area (Å²) in [6.07, 6.45) is 3.71. The van der Waals surface area contributed by atoms with Crippen LogP contribution in [0.3, 0.4) is 0 Å². The quantitative estimate of drug-likeness (QED) is 0.895. The summed E-state index contributed by atoms with van der Waals surface area (Å²) in [5.41, 5.74) is 0. The molecule has 0 atom stereocenters.